The fraction of sp³-hybridized carbons (Fsp3) is 0.400. The van der Waals surface area contributed by atoms with Crippen LogP contribution in [0.2, 0.25) is 0 Å². The lowest BCUT2D eigenvalue weighted by molar-refractivity contribution is 0.288. The molecule has 2 rings (SSSR count). The van der Waals surface area contributed by atoms with Crippen LogP contribution in [0.1, 0.15) is 24.4 Å². The average molecular weight is 275 g/mol. The smallest absolute Gasteiger partial charge is 0.128 e. The number of imidazole rings is 1. The normalized spacial score (nSPS) is 12.8. The van der Waals surface area contributed by atoms with E-state index in [9.17, 15) is 0 Å². The monoisotopic (exact) mass is 275 g/mol. The van der Waals surface area contributed by atoms with Gasteiger partial charge in [0.25, 0.3) is 0 Å². The Labute approximate surface area is 119 Å². The summed E-state index contributed by atoms with van der Waals surface area (Å²) in [6.45, 7) is 3.25. The standard InChI is InChI=1S/C15H21N3S/c1-3-19-12-11-18(2)14(15-16-9-10-17-15)13-7-5-4-6-8-13/h4-10,14H,3,11-12H2,1-2H3,(H,16,17). The third-order valence-electron chi connectivity index (χ3n) is 3.13. The first-order valence-electron chi connectivity index (χ1n) is 6.65. The Morgan fingerprint density at radius 1 is 1.32 bits per heavy atom. The topological polar surface area (TPSA) is 31.9 Å². The molecule has 0 saturated carbocycles. The van der Waals surface area contributed by atoms with Crippen LogP contribution in [0.5, 0.6) is 0 Å². The van der Waals surface area contributed by atoms with Gasteiger partial charge in [0.2, 0.25) is 0 Å². The fourth-order valence-electron chi connectivity index (χ4n) is 2.17. The van der Waals surface area contributed by atoms with E-state index in [1.54, 1.807) is 0 Å². The van der Waals surface area contributed by atoms with Crippen LogP contribution in [0.4, 0.5) is 0 Å². The largest absolute Gasteiger partial charge is 0.347 e. The minimum absolute atomic E-state index is 0.202. The number of hydrogen-bond donors (Lipinski definition) is 1. The van der Waals surface area contributed by atoms with E-state index in [1.165, 1.54) is 11.3 Å². The lowest BCUT2D eigenvalue weighted by atomic mass is 10.1. The van der Waals surface area contributed by atoms with Gasteiger partial charge in [0.05, 0.1) is 6.04 Å². The zero-order valence-corrected chi connectivity index (χ0v) is 12.4. The van der Waals surface area contributed by atoms with Gasteiger partial charge in [-0.05, 0) is 18.4 Å². The highest BCUT2D eigenvalue weighted by Gasteiger charge is 2.20. The van der Waals surface area contributed by atoms with Crippen LogP contribution in [-0.4, -0.2) is 40.0 Å². The number of hydrogen-bond acceptors (Lipinski definition) is 3. The Kier molecular flexibility index (Phi) is 5.48. The van der Waals surface area contributed by atoms with E-state index in [0.717, 1.165) is 18.1 Å². The maximum absolute atomic E-state index is 4.44. The summed E-state index contributed by atoms with van der Waals surface area (Å²) in [6, 6.07) is 10.7. The first kappa shape index (κ1) is 14.2. The Balaban J connectivity index is 2.16. The quantitative estimate of drug-likeness (QED) is 0.788. The third kappa shape index (κ3) is 3.85. The van der Waals surface area contributed by atoms with Crippen molar-refractivity contribution in [1.29, 1.82) is 0 Å². The van der Waals surface area contributed by atoms with Crippen molar-refractivity contribution in [3.63, 3.8) is 0 Å². The Hall–Kier alpha value is -1.26. The van der Waals surface area contributed by atoms with Gasteiger partial charge in [0.15, 0.2) is 0 Å². The van der Waals surface area contributed by atoms with E-state index in [0.29, 0.717) is 0 Å². The SMILES string of the molecule is CCSCCN(C)C(c1ccccc1)c1ncc[nH]1. The minimum atomic E-state index is 0.202. The van der Waals surface area contributed by atoms with E-state index in [-0.39, 0.29) is 6.04 Å². The molecular formula is C15H21N3S. The van der Waals surface area contributed by atoms with Gasteiger partial charge in [-0.2, -0.15) is 11.8 Å². The summed E-state index contributed by atoms with van der Waals surface area (Å²) < 4.78 is 0. The van der Waals surface area contributed by atoms with Crippen LogP contribution < -0.4 is 0 Å². The van der Waals surface area contributed by atoms with Crippen LogP contribution in [-0.2, 0) is 0 Å². The fourth-order valence-corrected chi connectivity index (χ4v) is 2.87. The molecule has 3 nitrogen and oxygen atoms in total. The summed E-state index contributed by atoms with van der Waals surface area (Å²) in [4.78, 5) is 10.0. The van der Waals surface area contributed by atoms with Gasteiger partial charge in [0, 0.05) is 24.7 Å². The van der Waals surface area contributed by atoms with Crippen molar-refractivity contribution in [2.45, 2.75) is 13.0 Å². The van der Waals surface area contributed by atoms with E-state index in [1.807, 2.05) is 24.2 Å². The predicted octanol–water partition coefficient (Wildman–Crippen LogP) is 3.18. The molecule has 1 unspecified atom stereocenters. The zero-order valence-electron chi connectivity index (χ0n) is 11.5. The highest BCUT2D eigenvalue weighted by molar-refractivity contribution is 7.99. The lowest BCUT2D eigenvalue weighted by Crippen LogP contribution is -2.28. The Bertz CT molecular complexity index is 456. The second-order valence-corrected chi connectivity index (χ2v) is 5.86. The molecule has 1 N–H and O–H groups in total. The molecule has 2 aromatic rings. The molecule has 0 aliphatic rings. The van der Waals surface area contributed by atoms with Gasteiger partial charge in [-0.15, -0.1) is 0 Å². The van der Waals surface area contributed by atoms with Gasteiger partial charge in [-0.25, -0.2) is 4.98 Å². The zero-order chi connectivity index (χ0) is 13.5. The number of aromatic amines is 1. The number of aromatic nitrogens is 2. The van der Waals surface area contributed by atoms with E-state index >= 15 is 0 Å². The molecule has 4 heteroatoms. The van der Waals surface area contributed by atoms with Gasteiger partial charge in [0.1, 0.15) is 5.82 Å². The third-order valence-corrected chi connectivity index (χ3v) is 4.01. The van der Waals surface area contributed by atoms with Crippen molar-refractivity contribution >= 4 is 11.8 Å². The van der Waals surface area contributed by atoms with Crippen LogP contribution in [0.3, 0.4) is 0 Å². The first-order chi connectivity index (χ1) is 9.33. The average Bonchev–Trinajstić information content (AvgIpc) is 2.94. The van der Waals surface area contributed by atoms with Crippen molar-refractivity contribution in [3.8, 4) is 0 Å². The maximum atomic E-state index is 4.44. The minimum Gasteiger partial charge on any atom is -0.347 e. The van der Waals surface area contributed by atoms with Gasteiger partial charge in [-0.1, -0.05) is 37.3 Å². The first-order valence-corrected chi connectivity index (χ1v) is 7.80. The molecule has 0 fully saturated rings. The van der Waals surface area contributed by atoms with Crippen molar-refractivity contribution in [2.75, 3.05) is 25.1 Å². The summed E-state index contributed by atoms with van der Waals surface area (Å²) >= 11 is 1.97. The number of thioether (sulfide) groups is 1. The molecule has 0 bridgehead atoms. The second-order valence-electron chi connectivity index (χ2n) is 4.47. The van der Waals surface area contributed by atoms with Gasteiger partial charge >= 0.3 is 0 Å². The van der Waals surface area contributed by atoms with Crippen LogP contribution in [0, 0.1) is 0 Å². The Morgan fingerprint density at radius 2 is 2.11 bits per heavy atom. The lowest BCUT2D eigenvalue weighted by Gasteiger charge is -2.26. The molecule has 0 spiro atoms. The number of benzene rings is 1. The maximum Gasteiger partial charge on any atom is 0.128 e. The molecule has 1 aromatic carbocycles. The summed E-state index contributed by atoms with van der Waals surface area (Å²) in [5, 5.41) is 0. The summed E-state index contributed by atoms with van der Waals surface area (Å²) in [7, 11) is 2.16. The van der Waals surface area contributed by atoms with Crippen LogP contribution in [0.15, 0.2) is 42.7 Å². The van der Waals surface area contributed by atoms with E-state index in [2.05, 4.69) is 59.2 Å². The number of nitrogens with zero attached hydrogens (tertiary/aromatic N) is 2. The van der Waals surface area contributed by atoms with Gasteiger partial charge < -0.3 is 4.98 Å². The highest BCUT2D eigenvalue weighted by Crippen LogP contribution is 2.24. The molecule has 1 atom stereocenters. The van der Waals surface area contributed by atoms with Gasteiger partial charge in [-0.3, -0.25) is 4.90 Å². The molecule has 1 heterocycles. The number of nitrogens with one attached hydrogen (secondary N) is 1. The predicted molar refractivity (Wildman–Crippen MR) is 82.5 cm³/mol. The molecule has 0 aliphatic carbocycles. The molecule has 102 valence electrons. The van der Waals surface area contributed by atoms with E-state index in [4.69, 9.17) is 0 Å². The molecule has 1 aromatic heterocycles. The molecular weight excluding hydrogens is 254 g/mol. The summed E-state index contributed by atoms with van der Waals surface area (Å²) in [6.07, 6.45) is 3.71. The molecule has 0 aliphatic heterocycles. The molecule has 19 heavy (non-hydrogen) atoms. The van der Waals surface area contributed by atoms with Crippen molar-refractivity contribution in [2.24, 2.45) is 0 Å². The van der Waals surface area contributed by atoms with Crippen LogP contribution >= 0.6 is 11.8 Å². The molecule has 0 amide bonds. The number of H-pyrrole nitrogens is 1. The summed E-state index contributed by atoms with van der Waals surface area (Å²) in [5.41, 5.74) is 1.28. The van der Waals surface area contributed by atoms with Crippen molar-refractivity contribution < 1.29 is 0 Å². The van der Waals surface area contributed by atoms with E-state index < -0.39 is 0 Å². The number of rotatable bonds is 7. The summed E-state index contributed by atoms with van der Waals surface area (Å²) in [5.74, 6) is 3.33. The van der Waals surface area contributed by atoms with Crippen molar-refractivity contribution in [1.82, 2.24) is 14.9 Å². The molecule has 0 saturated heterocycles. The molecule has 0 radical (unpaired) electrons. The highest BCUT2D eigenvalue weighted by atomic mass is 32.2. The van der Waals surface area contributed by atoms with Crippen molar-refractivity contribution in [3.05, 3.63) is 54.1 Å². The second kappa shape index (κ2) is 7.36. The van der Waals surface area contributed by atoms with Crippen LogP contribution in [0.25, 0.3) is 0 Å². The Morgan fingerprint density at radius 3 is 2.74 bits per heavy atom.